The molecule has 2 rings (SSSR count). The van der Waals surface area contributed by atoms with Crippen LogP contribution in [0.15, 0.2) is 42.5 Å². The summed E-state index contributed by atoms with van der Waals surface area (Å²) < 4.78 is 0. The Morgan fingerprint density at radius 3 is 2.80 bits per heavy atom. The normalized spacial score (nSPS) is 18.6. The van der Waals surface area contributed by atoms with E-state index in [1.807, 2.05) is 0 Å². The Hall–Kier alpha value is -1.12. The van der Waals surface area contributed by atoms with Gasteiger partial charge in [-0.15, -0.1) is 0 Å². The van der Waals surface area contributed by atoms with E-state index < -0.39 is 0 Å². The van der Waals surface area contributed by atoms with Crippen molar-refractivity contribution in [2.24, 2.45) is 5.92 Å². The summed E-state index contributed by atoms with van der Waals surface area (Å²) >= 11 is 0. The quantitative estimate of drug-likeness (QED) is 0.576. The molecule has 2 nitrogen and oxygen atoms in total. The molecule has 1 aliphatic carbocycles. The molecule has 0 saturated carbocycles. The molecule has 0 spiro atoms. The van der Waals surface area contributed by atoms with Gasteiger partial charge in [-0.05, 0) is 63.8 Å². The largest absolute Gasteiger partial charge is 0.316 e. The van der Waals surface area contributed by atoms with Gasteiger partial charge in [0.1, 0.15) is 0 Å². The number of hydrogen-bond acceptors (Lipinski definition) is 2. The number of hydrogen-bond donors (Lipinski definition) is 1. The van der Waals surface area contributed by atoms with E-state index in [2.05, 4.69) is 59.7 Å². The van der Waals surface area contributed by atoms with Gasteiger partial charge >= 0.3 is 0 Å². The Bertz CT molecular complexity index is 386. The monoisotopic (exact) mass is 272 g/mol. The lowest BCUT2D eigenvalue weighted by Gasteiger charge is -2.19. The molecule has 1 aromatic rings. The van der Waals surface area contributed by atoms with Gasteiger partial charge in [0, 0.05) is 6.54 Å². The molecule has 0 radical (unpaired) electrons. The minimum Gasteiger partial charge on any atom is -0.316 e. The molecular formula is C18H28N2. The third-order valence-electron chi connectivity index (χ3n) is 4.00. The van der Waals surface area contributed by atoms with Crippen LogP contribution in [-0.4, -0.2) is 31.6 Å². The number of rotatable bonds is 8. The number of nitrogens with zero attached hydrogens (tertiary/aromatic N) is 1. The first-order valence-electron chi connectivity index (χ1n) is 7.93. The third kappa shape index (κ3) is 5.89. The van der Waals surface area contributed by atoms with E-state index in [0.717, 1.165) is 25.6 Å². The summed E-state index contributed by atoms with van der Waals surface area (Å²) in [5.74, 6) is 0.863. The minimum absolute atomic E-state index is 0.863. The molecule has 0 fully saturated rings. The predicted octanol–water partition coefficient (Wildman–Crippen LogP) is 3.45. The van der Waals surface area contributed by atoms with Crippen molar-refractivity contribution in [2.75, 3.05) is 26.7 Å². The lowest BCUT2D eigenvalue weighted by atomic mass is 9.94. The maximum Gasteiger partial charge on any atom is 0.0230 e. The van der Waals surface area contributed by atoms with Crippen LogP contribution >= 0.6 is 0 Å². The van der Waals surface area contributed by atoms with Gasteiger partial charge in [0.15, 0.2) is 0 Å². The first-order valence-corrected chi connectivity index (χ1v) is 7.93. The molecule has 0 saturated heterocycles. The van der Waals surface area contributed by atoms with Gasteiger partial charge < -0.3 is 10.2 Å². The lowest BCUT2D eigenvalue weighted by molar-refractivity contribution is 0.317. The summed E-state index contributed by atoms with van der Waals surface area (Å²) in [7, 11) is 2.21. The summed E-state index contributed by atoms with van der Waals surface area (Å²) in [6, 6.07) is 10.7. The highest BCUT2D eigenvalue weighted by molar-refractivity contribution is 5.14. The zero-order chi connectivity index (χ0) is 14.0. The topological polar surface area (TPSA) is 15.3 Å². The molecule has 1 N–H and O–H groups in total. The van der Waals surface area contributed by atoms with Gasteiger partial charge in [-0.2, -0.15) is 0 Å². The summed E-state index contributed by atoms with van der Waals surface area (Å²) in [6.45, 7) is 4.53. The van der Waals surface area contributed by atoms with Crippen LogP contribution < -0.4 is 5.32 Å². The zero-order valence-electron chi connectivity index (χ0n) is 12.7. The van der Waals surface area contributed by atoms with E-state index >= 15 is 0 Å². The second-order valence-electron chi connectivity index (χ2n) is 5.93. The molecule has 0 heterocycles. The van der Waals surface area contributed by atoms with E-state index in [1.54, 1.807) is 0 Å². The van der Waals surface area contributed by atoms with Crippen molar-refractivity contribution in [3.63, 3.8) is 0 Å². The fourth-order valence-corrected chi connectivity index (χ4v) is 2.80. The van der Waals surface area contributed by atoms with Crippen LogP contribution in [0.3, 0.4) is 0 Å². The standard InChI is InChI=1S/C18H28N2/c1-20(16-18-11-6-3-7-12-18)14-8-13-19-15-17-9-4-2-5-10-17/h2-4,6-7,11-12,17,19H,5,8-10,13-16H2,1H3. The molecule has 0 aliphatic heterocycles. The van der Waals surface area contributed by atoms with Crippen LogP contribution in [0.4, 0.5) is 0 Å². The van der Waals surface area contributed by atoms with E-state index in [-0.39, 0.29) is 0 Å². The SMILES string of the molecule is CN(CCCNCC1CC=CCC1)Cc1ccccc1. The molecule has 2 heteroatoms. The molecule has 1 aliphatic rings. The molecule has 1 unspecified atom stereocenters. The maximum atomic E-state index is 3.61. The first-order chi connectivity index (χ1) is 9.84. The second-order valence-corrected chi connectivity index (χ2v) is 5.93. The number of allylic oxidation sites excluding steroid dienone is 2. The Labute approximate surface area is 123 Å². The van der Waals surface area contributed by atoms with Crippen molar-refractivity contribution in [2.45, 2.75) is 32.2 Å². The fraction of sp³-hybridized carbons (Fsp3) is 0.556. The van der Waals surface area contributed by atoms with Crippen molar-refractivity contribution < 1.29 is 0 Å². The van der Waals surface area contributed by atoms with Crippen LogP contribution in [0.25, 0.3) is 0 Å². The molecule has 0 bridgehead atoms. The smallest absolute Gasteiger partial charge is 0.0230 e. The van der Waals surface area contributed by atoms with Crippen LogP contribution in [0.2, 0.25) is 0 Å². The summed E-state index contributed by atoms with van der Waals surface area (Å²) in [5.41, 5.74) is 1.40. The van der Waals surface area contributed by atoms with Gasteiger partial charge in [0.2, 0.25) is 0 Å². The van der Waals surface area contributed by atoms with E-state index in [4.69, 9.17) is 0 Å². The maximum absolute atomic E-state index is 3.61. The van der Waals surface area contributed by atoms with Crippen LogP contribution in [-0.2, 0) is 6.54 Å². The molecule has 110 valence electrons. The van der Waals surface area contributed by atoms with Crippen molar-refractivity contribution in [3.05, 3.63) is 48.0 Å². The number of benzene rings is 1. The lowest BCUT2D eigenvalue weighted by Crippen LogP contribution is -2.27. The first kappa shape index (κ1) is 15.3. The van der Waals surface area contributed by atoms with Gasteiger partial charge in [-0.1, -0.05) is 42.5 Å². The van der Waals surface area contributed by atoms with Crippen LogP contribution in [0.5, 0.6) is 0 Å². The molecule has 0 amide bonds. The van der Waals surface area contributed by atoms with Crippen LogP contribution in [0, 0.1) is 5.92 Å². The summed E-state index contributed by atoms with van der Waals surface area (Å²) in [4.78, 5) is 2.40. The highest BCUT2D eigenvalue weighted by Crippen LogP contribution is 2.16. The van der Waals surface area contributed by atoms with Gasteiger partial charge in [0.05, 0.1) is 0 Å². The van der Waals surface area contributed by atoms with Crippen molar-refractivity contribution in [3.8, 4) is 0 Å². The number of nitrogens with one attached hydrogen (secondary N) is 1. The Kier molecular flexibility index (Phi) is 6.82. The van der Waals surface area contributed by atoms with E-state index in [0.29, 0.717) is 0 Å². The highest BCUT2D eigenvalue weighted by Gasteiger charge is 2.08. The average Bonchev–Trinajstić information content (AvgIpc) is 2.49. The second kappa shape index (κ2) is 8.93. The zero-order valence-corrected chi connectivity index (χ0v) is 12.7. The fourth-order valence-electron chi connectivity index (χ4n) is 2.80. The van der Waals surface area contributed by atoms with E-state index in [9.17, 15) is 0 Å². The van der Waals surface area contributed by atoms with Crippen molar-refractivity contribution in [1.29, 1.82) is 0 Å². The van der Waals surface area contributed by atoms with Crippen molar-refractivity contribution in [1.82, 2.24) is 10.2 Å². The van der Waals surface area contributed by atoms with Gasteiger partial charge in [-0.25, -0.2) is 0 Å². The molecule has 1 aromatic carbocycles. The molecular weight excluding hydrogens is 244 g/mol. The van der Waals surface area contributed by atoms with Crippen molar-refractivity contribution >= 4 is 0 Å². The minimum atomic E-state index is 0.863. The predicted molar refractivity (Wildman–Crippen MR) is 86.7 cm³/mol. The van der Waals surface area contributed by atoms with Gasteiger partial charge in [-0.3, -0.25) is 0 Å². The Balaban J connectivity index is 1.51. The molecule has 20 heavy (non-hydrogen) atoms. The molecule has 1 atom stereocenters. The average molecular weight is 272 g/mol. The highest BCUT2D eigenvalue weighted by atomic mass is 15.1. The third-order valence-corrected chi connectivity index (χ3v) is 4.00. The van der Waals surface area contributed by atoms with E-state index in [1.165, 1.54) is 37.8 Å². The Morgan fingerprint density at radius 1 is 1.20 bits per heavy atom. The molecule has 0 aromatic heterocycles. The Morgan fingerprint density at radius 2 is 2.05 bits per heavy atom. The van der Waals surface area contributed by atoms with Crippen LogP contribution in [0.1, 0.15) is 31.2 Å². The van der Waals surface area contributed by atoms with Gasteiger partial charge in [0.25, 0.3) is 0 Å². The summed E-state index contributed by atoms with van der Waals surface area (Å²) in [5, 5.41) is 3.61. The summed E-state index contributed by atoms with van der Waals surface area (Å²) in [6.07, 6.45) is 9.77.